The van der Waals surface area contributed by atoms with Crippen molar-refractivity contribution in [3.8, 4) is 0 Å². The lowest BCUT2D eigenvalue weighted by Gasteiger charge is -2.47. The van der Waals surface area contributed by atoms with Gasteiger partial charge in [-0.1, -0.05) is 0 Å². The maximum atomic E-state index is 13.8. The SMILES string of the molecule is CC1(N(CC(O)Cn2c3ccc(F)cc3c3cc(F)ccc32)S(C)(=O)=O)CCC1. The number of hydrogen-bond donors (Lipinski definition) is 1. The summed E-state index contributed by atoms with van der Waals surface area (Å²) >= 11 is 0. The molecule has 1 heterocycles. The Hall–Kier alpha value is -2.03. The molecular weight excluding hydrogens is 398 g/mol. The number of halogens is 2. The van der Waals surface area contributed by atoms with Crippen LogP contribution in [0.5, 0.6) is 0 Å². The van der Waals surface area contributed by atoms with Gasteiger partial charge in [0.15, 0.2) is 0 Å². The molecule has 5 nitrogen and oxygen atoms in total. The molecule has 1 unspecified atom stereocenters. The third-order valence-corrected chi connectivity index (χ3v) is 7.38. The number of β-amino-alcohol motifs (C(OH)–C–C–N with tert-alkyl or cyclic N) is 1. The van der Waals surface area contributed by atoms with E-state index in [-0.39, 0.29) is 13.1 Å². The van der Waals surface area contributed by atoms with Gasteiger partial charge in [-0.15, -0.1) is 0 Å². The summed E-state index contributed by atoms with van der Waals surface area (Å²) in [7, 11) is -3.49. The van der Waals surface area contributed by atoms with Crippen LogP contribution in [0.15, 0.2) is 36.4 Å². The molecule has 1 N–H and O–H groups in total. The van der Waals surface area contributed by atoms with Crippen LogP contribution < -0.4 is 0 Å². The lowest BCUT2D eigenvalue weighted by molar-refractivity contribution is 0.0528. The lowest BCUT2D eigenvalue weighted by atomic mass is 9.78. The molecule has 0 aliphatic heterocycles. The highest BCUT2D eigenvalue weighted by atomic mass is 32.2. The fourth-order valence-corrected chi connectivity index (χ4v) is 5.83. The number of hydrogen-bond acceptors (Lipinski definition) is 3. The summed E-state index contributed by atoms with van der Waals surface area (Å²) in [4.78, 5) is 0. The number of benzene rings is 2. The number of aliphatic hydroxyl groups excluding tert-OH is 1. The number of rotatable bonds is 6. The van der Waals surface area contributed by atoms with Crippen molar-refractivity contribution >= 4 is 31.8 Å². The zero-order valence-corrected chi connectivity index (χ0v) is 17.2. The highest BCUT2D eigenvalue weighted by Gasteiger charge is 2.43. The summed E-state index contributed by atoms with van der Waals surface area (Å²) in [6, 6.07) is 8.52. The van der Waals surface area contributed by atoms with Crippen LogP contribution in [-0.4, -0.2) is 46.8 Å². The molecule has 156 valence electrons. The van der Waals surface area contributed by atoms with Crippen LogP contribution in [0.2, 0.25) is 0 Å². The molecule has 0 bridgehead atoms. The number of aromatic nitrogens is 1. The molecule has 1 aliphatic carbocycles. The first-order chi connectivity index (χ1) is 13.6. The van der Waals surface area contributed by atoms with Crippen molar-refractivity contribution in [2.45, 2.75) is 44.4 Å². The van der Waals surface area contributed by atoms with Gasteiger partial charge in [-0.25, -0.2) is 17.2 Å². The van der Waals surface area contributed by atoms with Crippen LogP contribution in [0, 0.1) is 11.6 Å². The molecule has 1 saturated carbocycles. The molecule has 8 heteroatoms. The smallest absolute Gasteiger partial charge is 0.211 e. The summed E-state index contributed by atoms with van der Waals surface area (Å²) in [6.45, 7) is 1.98. The van der Waals surface area contributed by atoms with Gasteiger partial charge >= 0.3 is 0 Å². The maximum Gasteiger partial charge on any atom is 0.211 e. The molecule has 2 aromatic carbocycles. The normalized spacial score (nSPS) is 17.7. The van der Waals surface area contributed by atoms with Crippen LogP contribution >= 0.6 is 0 Å². The van der Waals surface area contributed by atoms with Crippen molar-refractivity contribution in [3.63, 3.8) is 0 Å². The predicted octanol–water partition coefficient (Wildman–Crippen LogP) is 3.64. The van der Waals surface area contributed by atoms with E-state index in [1.807, 2.05) is 6.92 Å². The standard InChI is InChI=1S/C21H24F2N2O3S/c1-21(8-3-9-21)25(29(2,27)28)13-16(26)12-24-19-6-4-14(22)10-17(19)18-11-15(23)5-7-20(18)24/h4-7,10-11,16,26H,3,8-9,12-13H2,1-2H3. The first-order valence-electron chi connectivity index (χ1n) is 9.61. The zero-order valence-electron chi connectivity index (χ0n) is 16.4. The third kappa shape index (κ3) is 3.65. The fraction of sp³-hybridized carbons (Fsp3) is 0.429. The highest BCUT2D eigenvalue weighted by Crippen LogP contribution is 2.39. The predicted molar refractivity (Wildman–Crippen MR) is 109 cm³/mol. The van der Waals surface area contributed by atoms with Gasteiger partial charge < -0.3 is 9.67 Å². The molecule has 1 atom stereocenters. The Bertz CT molecular complexity index is 1130. The van der Waals surface area contributed by atoms with Gasteiger partial charge in [-0.2, -0.15) is 4.31 Å². The van der Waals surface area contributed by atoms with E-state index in [1.54, 1.807) is 16.7 Å². The van der Waals surface area contributed by atoms with E-state index in [0.29, 0.717) is 21.8 Å². The Labute approximate surface area is 168 Å². The molecule has 1 aromatic heterocycles. The van der Waals surface area contributed by atoms with Crippen molar-refractivity contribution in [3.05, 3.63) is 48.0 Å². The molecular formula is C21H24F2N2O3S. The highest BCUT2D eigenvalue weighted by molar-refractivity contribution is 7.88. The van der Waals surface area contributed by atoms with Gasteiger partial charge in [-0.05, 0) is 62.6 Å². The third-order valence-electron chi connectivity index (χ3n) is 5.99. The Morgan fingerprint density at radius 2 is 1.62 bits per heavy atom. The molecule has 0 radical (unpaired) electrons. The second kappa shape index (κ2) is 7.04. The summed E-state index contributed by atoms with van der Waals surface area (Å²) in [5.41, 5.74) is 0.848. The van der Waals surface area contributed by atoms with Crippen molar-refractivity contribution in [2.75, 3.05) is 12.8 Å². The van der Waals surface area contributed by atoms with Crippen LogP contribution in [0.3, 0.4) is 0 Å². The van der Waals surface area contributed by atoms with Crippen molar-refractivity contribution in [2.24, 2.45) is 0 Å². The van der Waals surface area contributed by atoms with Gasteiger partial charge in [0.2, 0.25) is 10.0 Å². The van der Waals surface area contributed by atoms with Gasteiger partial charge in [0, 0.05) is 33.9 Å². The van der Waals surface area contributed by atoms with Gasteiger partial charge in [-0.3, -0.25) is 0 Å². The molecule has 1 aliphatic rings. The Morgan fingerprint density at radius 3 is 2.03 bits per heavy atom. The molecule has 1 fully saturated rings. The minimum atomic E-state index is -3.49. The van der Waals surface area contributed by atoms with E-state index in [2.05, 4.69) is 0 Å². The minimum absolute atomic E-state index is 0.0289. The maximum absolute atomic E-state index is 13.8. The second-order valence-electron chi connectivity index (χ2n) is 8.23. The average molecular weight is 422 g/mol. The number of sulfonamides is 1. The van der Waals surface area contributed by atoms with E-state index in [9.17, 15) is 22.3 Å². The van der Waals surface area contributed by atoms with Crippen molar-refractivity contribution in [1.29, 1.82) is 0 Å². The van der Waals surface area contributed by atoms with Crippen LogP contribution in [0.25, 0.3) is 21.8 Å². The average Bonchev–Trinajstić information content (AvgIpc) is 2.89. The molecule has 0 spiro atoms. The molecule has 4 rings (SSSR count). The first-order valence-corrected chi connectivity index (χ1v) is 11.5. The Kier molecular flexibility index (Phi) is 4.91. The Morgan fingerprint density at radius 1 is 1.10 bits per heavy atom. The number of fused-ring (bicyclic) bond motifs is 3. The summed E-state index contributed by atoms with van der Waals surface area (Å²) < 4.78 is 55.4. The van der Waals surface area contributed by atoms with E-state index >= 15 is 0 Å². The van der Waals surface area contributed by atoms with Crippen molar-refractivity contribution < 1.29 is 22.3 Å². The summed E-state index contributed by atoms with van der Waals surface area (Å²) in [6.07, 6.45) is 2.68. The monoisotopic (exact) mass is 422 g/mol. The second-order valence-corrected chi connectivity index (χ2v) is 10.1. The van der Waals surface area contributed by atoms with Gasteiger partial charge in [0.05, 0.1) is 18.9 Å². The number of aliphatic hydroxyl groups is 1. The topological polar surface area (TPSA) is 62.5 Å². The van der Waals surface area contributed by atoms with Crippen LogP contribution in [-0.2, 0) is 16.6 Å². The van der Waals surface area contributed by atoms with Gasteiger partial charge in [0.1, 0.15) is 11.6 Å². The van der Waals surface area contributed by atoms with E-state index in [0.717, 1.165) is 25.5 Å². The quantitative estimate of drug-likeness (QED) is 0.660. The van der Waals surface area contributed by atoms with Gasteiger partial charge in [0.25, 0.3) is 0 Å². The van der Waals surface area contributed by atoms with E-state index in [4.69, 9.17) is 0 Å². The van der Waals surface area contributed by atoms with Crippen LogP contribution in [0.1, 0.15) is 26.2 Å². The summed E-state index contributed by atoms with van der Waals surface area (Å²) in [5, 5.41) is 11.9. The zero-order chi connectivity index (χ0) is 21.0. The largest absolute Gasteiger partial charge is 0.390 e. The molecule has 3 aromatic rings. The molecule has 0 amide bonds. The van der Waals surface area contributed by atoms with Crippen LogP contribution in [0.4, 0.5) is 8.78 Å². The summed E-state index contributed by atoms with van der Waals surface area (Å²) in [5.74, 6) is -0.856. The van der Waals surface area contributed by atoms with E-state index in [1.165, 1.54) is 28.6 Å². The fourth-order valence-electron chi connectivity index (χ4n) is 4.40. The van der Waals surface area contributed by atoms with E-state index < -0.39 is 33.3 Å². The molecule has 0 saturated heterocycles. The number of nitrogens with zero attached hydrogens (tertiary/aromatic N) is 2. The Balaban J connectivity index is 1.71. The van der Waals surface area contributed by atoms with Crippen molar-refractivity contribution in [1.82, 2.24) is 8.87 Å². The lowest BCUT2D eigenvalue weighted by Crippen LogP contribution is -2.56. The minimum Gasteiger partial charge on any atom is -0.390 e. The first kappa shape index (κ1) is 20.3. The molecule has 29 heavy (non-hydrogen) atoms.